The Balaban J connectivity index is 1.94. The molecule has 0 aliphatic heterocycles. The number of benzene rings is 3. The predicted octanol–water partition coefficient (Wildman–Crippen LogP) is 5.85. The zero-order chi connectivity index (χ0) is 13.4. The van der Waals surface area contributed by atoms with E-state index in [4.69, 9.17) is 4.74 Å². The van der Waals surface area contributed by atoms with E-state index in [2.05, 4.69) is 42.5 Å². The number of hydrogen-bond acceptors (Lipinski definition) is 2. The molecule has 1 aromatic heterocycles. The van der Waals surface area contributed by atoms with Gasteiger partial charge in [0.15, 0.2) is 5.06 Å². The molecule has 0 spiro atoms. The molecule has 0 saturated carbocycles. The summed E-state index contributed by atoms with van der Waals surface area (Å²) >= 11 is 1.61. The fraction of sp³-hybridized carbons (Fsp3) is 0. The standard InChI is InChI=1S/C18H12OS/c1-2-6-14-12-16-15(11-13(14)5-1)7-3-8-17(16)19-18-9-4-10-20-18/h1-12H. The van der Waals surface area contributed by atoms with Crippen LogP contribution in [-0.4, -0.2) is 0 Å². The Kier molecular flexibility index (Phi) is 2.68. The monoisotopic (exact) mass is 276 g/mol. The molecule has 0 saturated heterocycles. The first-order chi connectivity index (χ1) is 9.90. The minimum Gasteiger partial charge on any atom is -0.446 e. The molecule has 2 heteroatoms. The van der Waals surface area contributed by atoms with Crippen LogP contribution < -0.4 is 4.74 Å². The molecule has 96 valence electrons. The second-order valence-corrected chi connectivity index (χ2v) is 5.62. The predicted molar refractivity (Wildman–Crippen MR) is 85.8 cm³/mol. The molecule has 0 fully saturated rings. The normalized spacial score (nSPS) is 11.0. The van der Waals surface area contributed by atoms with Crippen LogP contribution >= 0.6 is 11.3 Å². The summed E-state index contributed by atoms with van der Waals surface area (Å²) in [6.45, 7) is 0. The lowest BCUT2D eigenvalue weighted by atomic mass is 10.0. The van der Waals surface area contributed by atoms with Crippen molar-refractivity contribution in [3.05, 3.63) is 72.1 Å². The SMILES string of the molecule is c1csc(Oc2cccc3cc4ccccc4cc23)c1. The molecule has 20 heavy (non-hydrogen) atoms. The van der Waals surface area contributed by atoms with Crippen molar-refractivity contribution in [3.63, 3.8) is 0 Å². The molecular formula is C18H12OS. The lowest BCUT2D eigenvalue weighted by Crippen LogP contribution is -1.84. The van der Waals surface area contributed by atoms with E-state index in [0.717, 1.165) is 16.2 Å². The van der Waals surface area contributed by atoms with E-state index < -0.39 is 0 Å². The van der Waals surface area contributed by atoms with E-state index in [1.165, 1.54) is 16.2 Å². The number of hydrogen-bond donors (Lipinski definition) is 0. The highest BCUT2D eigenvalue weighted by Gasteiger charge is 2.05. The third-order valence-corrected chi connectivity index (χ3v) is 4.16. The van der Waals surface area contributed by atoms with Crippen molar-refractivity contribution < 1.29 is 4.74 Å². The number of thiophene rings is 1. The maximum absolute atomic E-state index is 6.00. The van der Waals surface area contributed by atoms with Gasteiger partial charge in [-0.3, -0.25) is 0 Å². The largest absolute Gasteiger partial charge is 0.446 e. The van der Waals surface area contributed by atoms with E-state index in [9.17, 15) is 0 Å². The average molecular weight is 276 g/mol. The minimum atomic E-state index is 0.913. The van der Waals surface area contributed by atoms with Crippen LogP contribution in [-0.2, 0) is 0 Å². The molecule has 0 N–H and O–H groups in total. The number of ether oxygens (including phenoxy) is 1. The van der Waals surface area contributed by atoms with E-state index in [1.807, 2.05) is 29.6 Å². The number of fused-ring (bicyclic) bond motifs is 2. The molecule has 0 aliphatic rings. The Labute approximate surface area is 121 Å². The second-order valence-electron chi connectivity index (χ2n) is 4.71. The van der Waals surface area contributed by atoms with Crippen molar-refractivity contribution in [3.8, 4) is 10.8 Å². The lowest BCUT2D eigenvalue weighted by Gasteiger charge is -2.08. The van der Waals surface area contributed by atoms with Crippen molar-refractivity contribution in [2.75, 3.05) is 0 Å². The molecule has 1 heterocycles. The summed E-state index contributed by atoms with van der Waals surface area (Å²) in [5, 5.41) is 7.80. The van der Waals surface area contributed by atoms with Gasteiger partial charge in [-0.15, -0.1) is 11.3 Å². The topological polar surface area (TPSA) is 9.23 Å². The molecule has 0 radical (unpaired) electrons. The third kappa shape index (κ3) is 1.95. The molecular weight excluding hydrogens is 264 g/mol. The zero-order valence-electron chi connectivity index (χ0n) is 10.7. The Bertz CT molecular complexity index is 878. The molecule has 4 aromatic rings. The van der Waals surface area contributed by atoms with Gasteiger partial charge in [0.05, 0.1) is 0 Å². The van der Waals surface area contributed by atoms with Crippen LogP contribution in [0.15, 0.2) is 72.1 Å². The van der Waals surface area contributed by atoms with Gasteiger partial charge in [-0.2, -0.15) is 0 Å². The molecule has 0 aliphatic carbocycles. The van der Waals surface area contributed by atoms with Gasteiger partial charge in [0.25, 0.3) is 0 Å². The van der Waals surface area contributed by atoms with Crippen LogP contribution in [0.2, 0.25) is 0 Å². The molecule has 3 aromatic carbocycles. The van der Waals surface area contributed by atoms with Crippen molar-refractivity contribution in [1.29, 1.82) is 0 Å². The molecule has 4 rings (SSSR count). The third-order valence-electron chi connectivity index (χ3n) is 3.41. The summed E-state index contributed by atoms with van der Waals surface area (Å²) in [5.41, 5.74) is 0. The maximum atomic E-state index is 6.00. The highest BCUT2D eigenvalue weighted by Crippen LogP contribution is 2.34. The minimum absolute atomic E-state index is 0.913. The van der Waals surface area contributed by atoms with Gasteiger partial charge in [-0.25, -0.2) is 0 Å². The van der Waals surface area contributed by atoms with Crippen LogP contribution in [0.3, 0.4) is 0 Å². The highest BCUT2D eigenvalue weighted by atomic mass is 32.1. The first kappa shape index (κ1) is 11.5. The van der Waals surface area contributed by atoms with Gasteiger partial charge in [0, 0.05) is 5.39 Å². The van der Waals surface area contributed by atoms with Gasteiger partial charge in [0.1, 0.15) is 5.75 Å². The molecule has 0 bridgehead atoms. The van der Waals surface area contributed by atoms with Crippen LogP contribution in [0.25, 0.3) is 21.5 Å². The lowest BCUT2D eigenvalue weighted by molar-refractivity contribution is 0.502. The molecule has 0 amide bonds. The summed E-state index contributed by atoms with van der Waals surface area (Å²) < 4.78 is 6.00. The van der Waals surface area contributed by atoms with Crippen LogP contribution in [0.5, 0.6) is 10.8 Å². The van der Waals surface area contributed by atoms with E-state index in [1.54, 1.807) is 11.3 Å². The summed E-state index contributed by atoms with van der Waals surface area (Å²) in [5.74, 6) is 0.913. The van der Waals surface area contributed by atoms with Crippen molar-refractivity contribution in [1.82, 2.24) is 0 Å². The van der Waals surface area contributed by atoms with Gasteiger partial charge in [-0.05, 0) is 51.9 Å². The quantitative estimate of drug-likeness (QED) is 0.417. The summed E-state index contributed by atoms with van der Waals surface area (Å²) in [4.78, 5) is 0. The van der Waals surface area contributed by atoms with Crippen molar-refractivity contribution in [2.45, 2.75) is 0 Å². The Morgan fingerprint density at radius 2 is 1.50 bits per heavy atom. The molecule has 1 nitrogen and oxygen atoms in total. The average Bonchev–Trinajstić information content (AvgIpc) is 2.99. The second kappa shape index (κ2) is 4.66. The summed E-state index contributed by atoms with van der Waals surface area (Å²) in [6, 6.07) is 23.0. The van der Waals surface area contributed by atoms with Gasteiger partial charge < -0.3 is 4.74 Å². The van der Waals surface area contributed by atoms with Gasteiger partial charge in [-0.1, -0.05) is 36.4 Å². The summed E-state index contributed by atoms with van der Waals surface area (Å²) in [6.07, 6.45) is 0. The Morgan fingerprint density at radius 1 is 0.700 bits per heavy atom. The van der Waals surface area contributed by atoms with Crippen molar-refractivity contribution in [2.24, 2.45) is 0 Å². The van der Waals surface area contributed by atoms with Crippen molar-refractivity contribution >= 4 is 32.9 Å². The smallest absolute Gasteiger partial charge is 0.180 e. The first-order valence-electron chi connectivity index (χ1n) is 6.53. The summed E-state index contributed by atoms with van der Waals surface area (Å²) in [7, 11) is 0. The Morgan fingerprint density at radius 3 is 2.30 bits per heavy atom. The van der Waals surface area contributed by atoms with Gasteiger partial charge >= 0.3 is 0 Å². The van der Waals surface area contributed by atoms with Gasteiger partial charge in [0.2, 0.25) is 0 Å². The molecule has 0 unspecified atom stereocenters. The highest BCUT2D eigenvalue weighted by molar-refractivity contribution is 7.11. The molecule has 0 atom stereocenters. The Hall–Kier alpha value is -2.32. The fourth-order valence-corrected chi connectivity index (χ4v) is 3.04. The maximum Gasteiger partial charge on any atom is 0.180 e. The van der Waals surface area contributed by atoms with E-state index >= 15 is 0 Å². The number of rotatable bonds is 2. The van der Waals surface area contributed by atoms with Crippen LogP contribution in [0.4, 0.5) is 0 Å². The van der Waals surface area contributed by atoms with E-state index in [-0.39, 0.29) is 0 Å². The zero-order valence-corrected chi connectivity index (χ0v) is 11.6. The van der Waals surface area contributed by atoms with Crippen LogP contribution in [0, 0.1) is 0 Å². The first-order valence-corrected chi connectivity index (χ1v) is 7.41. The van der Waals surface area contributed by atoms with Crippen LogP contribution in [0.1, 0.15) is 0 Å². The fourth-order valence-electron chi connectivity index (χ4n) is 2.46. The van der Waals surface area contributed by atoms with E-state index in [0.29, 0.717) is 0 Å².